The maximum Gasteiger partial charge on any atom is 0.336 e. The van der Waals surface area contributed by atoms with Crippen LogP contribution in [-0.4, -0.2) is 27.3 Å². The van der Waals surface area contributed by atoms with Gasteiger partial charge in [-0.15, -0.1) is 10.2 Å². The number of carbonyl (C=O) groups is 1. The second kappa shape index (κ2) is 7.56. The molecular weight excluding hydrogens is 398 g/mol. The Morgan fingerprint density at radius 1 is 1.32 bits per heavy atom. The molecule has 146 valence electrons. The molecule has 1 amide bonds. The smallest absolute Gasteiger partial charge is 0.336 e. The molecule has 2 heterocycles. The van der Waals surface area contributed by atoms with Gasteiger partial charge in [-0.1, -0.05) is 30.0 Å². The summed E-state index contributed by atoms with van der Waals surface area (Å²) >= 11 is 2.84. The highest BCUT2D eigenvalue weighted by atomic mass is 32.2. The summed E-state index contributed by atoms with van der Waals surface area (Å²) in [4.78, 5) is 25.5. The van der Waals surface area contributed by atoms with E-state index in [9.17, 15) is 14.7 Å². The lowest BCUT2D eigenvalue weighted by Gasteiger charge is -2.15. The van der Waals surface area contributed by atoms with Crippen molar-refractivity contribution in [1.29, 1.82) is 0 Å². The van der Waals surface area contributed by atoms with Crippen molar-refractivity contribution in [2.24, 2.45) is 0 Å². The quantitative estimate of drug-likeness (QED) is 0.371. The molecule has 0 saturated heterocycles. The Kier molecular flexibility index (Phi) is 5.11. The van der Waals surface area contributed by atoms with E-state index in [4.69, 9.17) is 4.42 Å². The van der Waals surface area contributed by atoms with E-state index in [2.05, 4.69) is 10.2 Å². The molecule has 0 radical (unpaired) electrons. The van der Waals surface area contributed by atoms with Crippen LogP contribution in [0.5, 0.6) is 5.75 Å². The first kappa shape index (κ1) is 18.9. The van der Waals surface area contributed by atoms with E-state index >= 15 is 0 Å². The Morgan fingerprint density at radius 2 is 2.11 bits per heavy atom. The van der Waals surface area contributed by atoms with Gasteiger partial charge in [-0.3, -0.25) is 9.69 Å². The van der Waals surface area contributed by atoms with E-state index in [0.29, 0.717) is 22.9 Å². The van der Waals surface area contributed by atoms with Gasteiger partial charge in [0.05, 0.1) is 0 Å². The van der Waals surface area contributed by atoms with E-state index in [-0.39, 0.29) is 17.7 Å². The van der Waals surface area contributed by atoms with Crippen molar-refractivity contribution in [3.8, 4) is 5.75 Å². The normalized spacial score (nSPS) is 13.8. The Hall–Kier alpha value is -2.39. The summed E-state index contributed by atoms with van der Waals surface area (Å²) in [5.41, 5.74) is 1.52. The maximum atomic E-state index is 11.9. The second-order valence-corrected chi connectivity index (χ2v) is 8.86. The van der Waals surface area contributed by atoms with Gasteiger partial charge in [0.25, 0.3) is 0 Å². The monoisotopic (exact) mass is 417 g/mol. The van der Waals surface area contributed by atoms with Crippen LogP contribution in [-0.2, 0) is 17.0 Å². The number of fused-ring (bicyclic) bond motifs is 1. The molecule has 0 spiro atoms. The summed E-state index contributed by atoms with van der Waals surface area (Å²) in [6.45, 7) is 3.50. The molecule has 9 heteroatoms. The van der Waals surface area contributed by atoms with E-state index in [1.165, 1.54) is 35.2 Å². The average molecular weight is 418 g/mol. The molecule has 4 rings (SSSR count). The second-order valence-electron chi connectivity index (χ2n) is 6.68. The SMILES string of the molecule is CCc1cc2c(CSc3nnc(N(C(C)=O)C4CC4)s3)cc(=O)oc2cc1O. The number of aryl methyl sites for hydroxylation is 1. The van der Waals surface area contributed by atoms with Gasteiger partial charge >= 0.3 is 5.63 Å². The standard InChI is InChI=1S/C19H19N3O4S2/c1-3-11-6-14-12(7-17(25)26-16(14)8-15(11)24)9-27-19-21-20-18(28-19)22(10(2)23)13-4-5-13/h6-8,13,24H,3-5,9H2,1-2H3. The molecule has 0 aliphatic heterocycles. The van der Waals surface area contributed by atoms with E-state index in [0.717, 1.165) is 33.7 Å². The van der Waals surface area contributed by atoms with Crippen molar-refractivity contribution in [1.82, 2.24) is 10.2 Å². The van der Waals surface area contributed by atoms with Crippen molar-refractivity contribution in [2.45, 2.75) is 49.2 Å². The Morgan fingerprint density at radius 3 is 2.79 bits per heavy atom. The predicted molar refractivity (Wildman–Crippen MR) is 109 cm³/mol. The van der Waals surface area contributed by atoms with Crippen LogP contribution in [0.3, 0.4) is 0 Å². The number of anilines is 1. The first-order chi connectivity index (χ1) is 13.5. The molecule has 1 aromatic carbocycles. The third kappa shape index (κ3) is 3.77. The van der Waals surface area contributed by atoms with Crippen molar-refractivity contribution in [2.75, 3.05) is 4.90 Å². The van der Waals surface area contributed by atoms with Crippen molar-refractivity contribution in [3.05, 3.63) is 39.7 Å². The highest BCUT2D eigenvalue weighted by Crippen LogP contribution is 2.37. The van der Waals surface area contributed by atoms with Crippen LogP contribution in [0.25, 0.3) is 11.0 Å². The van der Waals surface area contributed by atoms with Gasteiger partial charge in [0.2, 0.25) is 11.0 Å². The van der Waals surface area contributed by atoms with Crippen molar-refractivity contribution < 1.29 is 14.3 Å². The van der Waals surface area contributed by atoms with Gasteiger partial charge in [-0.05, 0) is 36.5 Å². The summed E-state index contributed by atoms with van der Waals surface area (Å²) in [6, 6.07) is 5.07. The van der Waals surface area contributed by atoms with Gasteiger partial charge in [0.15, 0.2) is 4.34 Å². The lowest BCUT2D eigenvalue weighted by Crippen LogP contribution is -2.30. The van der Waals surface area contributed by atoms with Crippen LogP contribution in [0.1, 0.15) is 37.8 Å². The predicted octanol–water partition coefficient (Wildman–Crippen LogP) is 3.72. The number of amides is 1. The summed E-state index contributed by atoms with van der Waals surface area (Å²) < 4.78 is 5.97. The molecule has 2 aromatic heterocycles. The Labute approximate surface area is 169 Å². The van der Waals surface area contributed by atoms with Crippen molar-refractivity contribution >= 4 is 45.1 Å². The number of rotatable bonds is 6. The summed E-state index contributed by atoms with van der Waals surface area (Å²) in [5.74, 6) is 0.614. The first-order valence-electron chi connectivity index (χ1n) is 9.01. The molecule has 3 aromatic rings. The number of benzene rings is 1. The lowest BCUT2D eigenvalue weighted by molar-refractivity contribution is -0.116. The largest absolute Gasteiger partial charge is 0.508 e. The fourth-order valence-electron chi connectivity index (χ4n) is 3.09. The zero-order valence-electron chi connectivity index (χ0n) is 15.5. The molecule has 28 heavy (non-hydrogen) atoms. The minimum atomic E-state index is -0.457. The summed E-state index contributed by atoms with van der Waals surface area (Å²) in [7, 11) is 0. The van der Waals surface area contributed by atoms with Crippen LogP contribution in [0.2, 0.25) is 0 Å². The minimum absolute atomic E-state index is 0.0197. The highest BCUT2D eigenvalue weighted by molar-refractivity contribution is 8.00. The Balaban J connectivity index is 1.59. The van der Waals surface area contributed by atoms with Gasteiger partial charge in [-0.25, -0.2) is 4.79 Å². The first-order valence-corrected chi connectivity index (χ1v) is 10.8. The fraction of sp³-hybridized carbons (Fsp3) is 0.368. The number of phenolic OH excluding ortho intramolecular Hbond substituents is 1. The number of aromatic hydroxyl groups is 1. The molecule has 1 aliphatic carbocycles. The highest BCUT2D eigenvalue weighted by Gasteiger charge is 2.34. The zero-order valence-corrected chi connectivity index (χ0v) is 17.1. The molecular formula is C19H19N3O4S2. The third-order valence-electron chi connectivity index (χ3n) is 4.61. The third-order valence-corrected chi connectivity index (χ3v) is 6.72. The molecule has 1 fully saturated rings. The van der Waals surface area contributed by atoms with Gasteiger partial charge in [0, 0.05) is 36.2 Å². The molecule has 0 unspecified atom stereocenters. The molecule has 1 aliphatic rings. The van der Waals surface area contributed by atoms with Gasteiger partial charge in [0.1, 0.15) is 11.3 Å². The number of nitrogens with zero attached hydrogens (tertiary/aromatic N) is 3. The molecule has 0 atom stereocenters. The zero-order chi connectivity index (χ0) is 19.8. The number of hydrogen-bond donors (Lipinski definition) is 1. The van der Waals surface area contributed by atoms with Crippen molar-refractivity contribution in [3.63, 3.8) is 0 Å². The average Bonchev–Trinajstić information content (AvgIpc) is 3.36. The maximum absolute atomic E-state index is 11.9. The molecule has 1 saturated carbocycles. The van der Waals surface area contributed by atoms with Gasteiger partial charge < -0.3 is 9.52 Å². The van der Waals surface area contributed by atoms with Crippen LogP contribution >= 0.6 is 23.1 Å². The molecule has 7 nitrogen and oxygen atoms in total. The summed E-state index contributed by atoms with van der Waals surface area (Å²) in [6.07, 6.45) is 2.68. The Bertz CT molecular complexity index is 1100. The number of hydrogen-bond acceptors (Lipinski definition) is 8. The topological polar surface area (TPSA) is 96.5 Å². The van der Waals surface area contributed by atoms with E-state index in [1.807, 2.05) is 13.0 Å². The minimum Gasteiger partial charge on any atom is -0.508 e. The van der Waals surface area contributed by atoms with Crippen LogP contribution in [0.4, 0.5) is 5.13 Å². The van der Waals surface area contributed by atoms with E-state index in [1.54, 1.807) is 11.8 Å². The van der Waals surface area contributed by atoms with Crippen LogP contribution in [0.15, 0.2) is 31.8 Å². The number of aromatic nitrogens is 2. The number of carbonyl (C=O) groups excluding carboxylic acids is 1. The van der Waals surface area contributed by atoms with Crippen LogP contribution < -0.4 is 10.5 Å². The van der Waals surface area contributed by atoms with Gasteiger partial charge in [-0.2, -0.15) is 0 Å². The lowest BCUT2D eigenvalue weighted by atomic mass is 10.1. The number of phenols is 1. The molecule has 1 N–H and O–H groups in total. The molecule has 0 bridgehead atoms. The van der Waals surface area contributed by atoms with E-state index < -0.39 is 5.63 Å². The number of thioether (sulfide) groups is 1. The van der Waals surface area contributed by atoms with Crippen LogP contribution in [0, 0.1) is 0 Å². The fourth-order valence-corrected chi connectivity index (χ4v) is 5.04. The summed E-state index contributed by atoms with van der Waals surface area (Å²) in [5, 5.41) is 19.8.